The summed E-state index contributed by atoms with van der Waals surface area (Å²) in [4.78, 5) is 29.0. The van der Waals surface area contributed by atoms with Crippen molar-refractivity contribution in [1.29, 1.82) is 0 Å². The van der Waals surface area contributed by atoms with Gasteiger partial charge in [0.05, 0.1) is 18.4 Å². The Morgan fingerprint density at radius 2 is 2.04 bits per heavy atom. The lowest BCUT2D eigenvalue weighted by Crippen LogP contribution is -2.18. The summed E-state index contributed by atoms with van der Waals surface area (Å²) in [5.41, 5.74) is 0.881. The van der Waals surface area contributed by atoms with Crippen molar-refractivity contribution in [2.24, 2.45) is 4.99 Å². The first kappa shape index (κ1) is 15.9. The summed E-state index contributed by atoms with van der Waals surface area (Å²) in [7, 11) is 0. The number of aryl methyl sites for hydroxylation is 1. The highest BCUT2D eigenvalue weighted by Gasteiger charge is 2.12. The van der Waals surface area contributed by atoms with Crippen molar-refractivity contribution in [2.75, 3.05) is 0 Å². The topological polar surface area (TPSA) is 84.8 Å². The molecule has 0 aliphatic carbocycles. The monoisotopic (exact) mass is 342 g/mol. The molecule has 0 aliphatic rings. The van der Waals surface area contributed by atoms with E-state index in [1.807, 2.05) is 13.1 Å². The number of furan rings is 1. The van der Waals surface area contributed by atoms with Crippen LogP contribution in [0.4, 0.5) is 0 Å². The van der Waals surface area contributed by atoms with Crippen LogP contribution in [-0.4, -0.2) is 21.6 Å². The lowest BCUT2D eigenvalue weighted by Gasteiger charge is -2.06. The highest BCUT2D eigenvalue weighted by molar-refractivity contribution is 7.09. The van der Waals surface area contributed by atoms with Gasteiger partial charge in [-0.2, -0.15) is 4.99 Å². The Balaban J connectivity index is 1.99. The summed E-state index contributed by atoms with van der Waals surface area (Å²) in [6, 6.07) is 9.95. The van der Waals surface area contributed by atoms with E-state index in [9.17, 15) is 14.7 Å². The van der Waals surface area contributed by atoms with Crippen LogP contribution in [0.25, 0.3) is 0 Å². The van der Waals surface area contributed by atoms with Crippen molar-refractivity contribution in [1.82, 2.24) is 4.57 Å². The number of hydrogen-bond donors (Lipinski definition) is 1. The molecule has 7 heteroatoms. The van der Waals surface area contributed by atoms with Crippen LogP contribution in [0.3, 0.4) is 0 Å². The smallest absolute Gasteiger partial charge is 0.336 e. The van der Waals surface area contributed by atoms with E-state index in [0.29, 0.717) is 16.9 Å². The van der Waals surface area contributed by atoms with Crippen molar-refractivity contribution >= 4 is 23.2 Å². The van der Waals surface area contributed by atoms with Crippen molar-refractivity contribution in [3.8, 4) is 0 Å². The maximum Gasteiger partial charge on any atom is 0.336 e. The normalized spacial score (nSPS) is 11.6. The second-order valence-electron chi connectivity index (χ2n) is 5.11. The molecule has 0 aliphatic heterocycles. The standard InChI is InChI=1S/C17H14N2O4S/c1-11-9-19(10-12-5-2-3-6-13(12)16(21)22)17(24-11)18-15(20)14-7-4-8-23-14/h2-9H,10H2,1H3,(H,21,22). The van der Waals surface area contributed by atoms with Crippen LogP contribution in [0.1, 0.15) is 31.4 Å². The Kier molecular flexibility index (Phi) is 4.43. The van der Waals surface area contributed by atoms with Crippen molar-refractivity contribution < 1.29 is 19.1 Å². The van der Waals surface area contributed by atoms with Crippen LogP contribution < -0.4 is 4.80 Å². The highest BCUT2D eigenvalue weighted by Crippen LogP contribution is 2.12. The number of aromatic carboxylic acids is 1. The van der Waals surface area contributed by atoms with Gasteiger partial charge >= 0.3 is 11.9 Å². The summed E-state index contributed by atoms with van der Waals surface area (Å²) in [5.74, 6) is -1.29. The second-order valence-corrected chi connectivity index (χ2v) is 6.32. The maximum absolute atomic E-state index is 12.1. The zero-order valence-electron chi connectivity index (χ0n) is 12.8. The van der Waals surface area contributed by atoms with E-state index in [1.54, 1.807) is 41.0 Å². The molecule has 6 nitrogen and oxygen atoms in total. The van der Waals surface area contributed by atoms with E-state index in [-0.39, 0.29) is 11.3 Å². The molecule has 0 fully saturated rings. The fraction of sp³-hybridized carbons (Fsp3) is 0.118. The number of amides is 1. The van der Waals surface area contributed by atoms with Gasteiger partial charge in [-0.3, -0.25) is 4.79 Å². The molecule has 0 spiro atoms. The molecule has 3 aromatic rings. The Labute approximate surface area is 141 Å². The fourth-order valence-electron chi connectivity index (χ4n) is 2.30. The van der Waals surface area contributed by atoms with Crippen LogP contribution in [0.2, 0.25) is 0 Å². The predicted octanol–water partition coefficient (Wildman–Crippen LogP) is 2.94. The molecule has 24 heavy (non-hydrogen) atoms. The molecule has 0 bridgehead atoms. The third-order valence-electron chi connectivity index (χ3n) is 3.35. The molecule has 0 unspecified atom stereocenters. The summed E-state index contributed by atoms with van der Waals surface area (Å²) in [6.07, 6.45) is 3.26. The number of carboxylic acids is 1. The van der Waals surface area contributed by atoms with Gasteiger partial charge in [-0.05, 0) is 30.7 Å². The number of benzene rings is 1. The van der Waals surface area contributed by atoms with E-state index in [2.05, 4.69) is 4.99 Å². The molecule has 0 saturated heterocycles. The van der Waals surface area contributed by atoms with E-state index in [1.165, 1.54) is 17.6 Å². The first-order chi connectivity index (χ1) is 11.5. The number of nitrogens with zero attached hydrogens (tertiary/aromatic N) is 2. The Morgan fingerprint density at radius 3 is 2.75 bits per heavy atom. The Morgan fingerprint density at radius 1 is 1.25 bits per heavy atom. The predicted molar refractivity (Wildman–Crippen MR) is 88.2 cm³/mol. The molecule has 0 radical (unpaired) electrons. The van der Waals surface area contributed by atoms with Crippen LogP contribution in [0.15, 0.2) is 58.3 Å². The molecule has 3 rings (SSSR count). The average Bonchev–Trinajstić information content (AvgIpc) is 3.18. The van der Waals surface area contributed by atoms with Crippen molar-refractivity contribution in [3.05, 3.63) is 75.4 Å². The second kappa shape index (κ2) is 6.67. The number of thiazole rings is 1. The lowest BCUT2D eigenvalue weighted by atomic mass is 10.1. The molecule has 2 heterocycles. The molecular weight excluding hydrogens is 328 g/mol. The Bertz CT molecular complexity index is 951. The lowest BCUT2D eigenvalue weighted by molar-refractivity contribution is 0.0695. The minimum Gasteiger partial charge on any atom is -0.478 e. The van der Waals surface area contributed by atoms with Gasteiger partial charge in [0.15, 0.2) is 10.6 Å². The van der Waals surface area contributed by atoms with Gasteiger partial charge in [0.2, 0.25) is 0 Å². The molecule has 1 aromatic carbocycles. The molecular formula is C17H14N2O4S. The van der Waals surface area contributed by atoms with E-state index in [0.717, 1.165) is 4.88 Å². The van der Waals surface area contributed by atoms with Crippen LogP contribution in [0.5, 0.6) is 0 Å². The number of hydrogen-bond acceptors (Lipinski definition) is 4. The van der Waals surface area contributed by atoms with Gasteiger partial charge in [0, 0.05) is 11.1 Å². The maximum atomic E-state index is 12.1. The van der Waals surface area contributed by atoms with Gasteiger partial charge in [-0.25, -0.2) is 4.79 Å². The minimum absolute atomic E-state index is 0.165. The number of carbonyl (C=O) groups excluding carboxylic acids is 1. The van der Waals surface area contributed by atoms with E-state index >= 15 is 0 Å². The zero-order chi connectivity index (χ0) is 17.1. The summed E-state index contributed by atoms with van der Waals surface area (Å²) < 4.78 is 6.82. The largest absolute Gasteiger partial charge is 0.478 e. The summed E-state index contributed by atoms with van der Waals surface area (Å²) in [6.45, 7) is 2.22. The molecule has 0 saturated carbocycles. The van der Waals surface area contributed by atoms with Gasteiger partial charge in [0.1, 0.15) is 0 Å². The first-order valence-corrected chi connectivity index (χ1v) is 7.97. The van der Waals surface area contributed by atoms with Gasteiger partial charge < -0.3 is 14.1 Å². The van der Waals surface area contributed by atoms with Crippen molar-refractivity contribution in [3.63, 3.8) is 0 Å². The minimum atomic E-state index is -0.983. The van der Waals surface area contributed by atoms with Gasteiger partial charge in [0.25, 0.3) is 0 Å². The highest BCUT2D eigenvalue weighted by atomic mass is 32.1. The molecule has 0 atom stereocenters. The quantitative estimate of drug-likeness (QED) is 0.790. The van der Waals surface area contributed by atoms with Crippen LogP contribution in [0, 0.1) is 6.92 Å². The molecule has 122 valence electrons. The van der Waals surface area contributed by atoms with Crippen LogP contribution in [-0.2, 0) is 6.54 Å². The third kappa shape index (κ3) is 3.36. The average molecular weight is 342 g/mol. The van der Waals surface area contributed by atoms with Crippen molar-refractivity contribution in [2.45, 2.75) is 13.5 Å². The Hall–Kier alpha value is -2.93. The van der Waals surface area contributed by atoms with E-state index in [4.69, 9.17) is 4.42 Å². The first-order valence-electron chi connectivity index (χ1n) is 7.15. The zero-order valence-corrected chi connectivity index (χ0v) is 13.6. The van der Waals surface area contributed by atoms with Crippen LogP contribution >= 0.6 is 11.3 Å². The van der Waals surface area contributed by atoms with E-state index < -0.39 is 11.9 Å². The summed E-state index contributed by atoms with van der Waals surface area (Å²) in [5, 5.41) is 9.29. The number of carbonyl (C=O) groups is 2. The SMILES string of the molecule is Cc1cn(Cc2ccccc2C(=O)O)c(=NC(=O)c2ccco2)s1. The molecule has 1 N–H and O–H groups in total. The van der Waals surface area contributed by atoms with Gasteiger partial charge in [-0.1, -0.05) is 18.2 Å². The van der Waals surface area contributed by atoms with Gasteiger partial charge in [-0.15, -0.1) is 11.3 Å². The molecule has 1 amide bonds. The number of carboxylic acid groups (broad SMARTS) is 1. The fourth-order valence-corrected chi connectivity index (χ4v) is 3.13. The number of rotatable bonds is 4. The summed E-state index contributed by atoms with van der Waals surface area (Å²) >= 11 is 1.36. The number of aromatic nitrogens is 1. The molecule has 2 aromatic heterocycles. The third-order valence-corrected chi connectivity index (χ3v) is 4.29.